The maximum Gasteiger partial charge on any atom is 0.278 e. The fourth-order valence-corrected chi connectivity index (χ4v) is 5.41. The molecule has 2 fully saturated rings. The number of aryl methyl sites for hydroxylation is 1. The molecule has 204 valence electrons. The van der Waals surface area contributed by atoms with Crippen LogP contribution in [0.3, 0.4) is 0 Å². The van der Waals surface area contributed by atoms with Crippen molar-refractivity contribution in [3.8, 4) is 0 Å². The van der Waals surface area contributed by atoms with E-state index in [0.29, 0.717) is 24.0 Å². The van der Waals surface area contributed by atoms with Gasteiger partial charge in [-0.05, 0) is 68.3 Å². The van der Waals surface area contributed by atoms with Crippen LogP contribution in [0.1, 0.15) is 61.4 Å². The van der Waals surface area contributed by atoms with Crippen LogP contribution >= 0.6 is 11.6 Å². The van der Waals surface area contributed by atoms with Gasteiger partial charge in [-0.1, -0.05) is 18.5 Å². The number of carbonyl (C=O) groups excluding carboxylic acids is 1. The highest BCUT2D eigenvalue weighted by atomic mass is 35.5. The Labute approximate surface area is 228 Å². The number of fused-ring (bicyclic) bond motifs is 1. The Balaban J connectivity index is 1.07. The molecule has 0 spiro atoms. The topological polar surface area (TPSA) is 93.5 Å². The number of aromatic nitrogens is 3. The van der Waals surface area contributed by atoms with Crippen molar-refractivity contribution in [3.05, 3.63) is 52.9 Å². The molecule has 1 aromatic carbocycles. The summed E-state index contributed by atoms with van der Waals surface area (Å²) < 4.78 is 7.79. The van der Waals surface area contributed by atoms with Gasteiger partial charge in [0, 0.05) is 73.7 Å². The van der Waals surface area contributed by atoms with E-state index in [9.17, 15) is 4.79 Å². The SMILES string of the molecule is CCCn1cc(CNCC2CCN(c3ncc(C(=O)NOC4CCCCO4)cn3)CC2)c2cc(Cl)ccc21. The van der Waals surface area contributed by atoms with E-state index in [2.05, 4.69) is 55.5 Å². The van der Waals surface area contributed by atoms with Crippen LogP contribution in [-0.4, -0.2) is 53.0 Å². The molecular weight excluding hydrogens is 504 g/mol. The average molecular weight is 541 g/mol. The third kappa shape index (κ3) is 6.64. The Morgan fingerprint density at radius 1 is 1.18 bits per heavy atom. The summed E-state index contributed by atoms with van der Waals surface area (Å²) in [5, 5.41) is 5.69. The van der Waals surface area contributed by atoms with E-state index < -0.39 is 0 Å². The summed E-state index contributed by atoms with van der Waals surface area (Å²) in [6, 6.07) is 6.16. The average Bonchev–Trinajstić information content (AvgIpc) is 3.29. The first-order chi connectivity index (χ1) is 18.6. The maximum absolute atomic E-state index is 12.3. The van der Waals surface area contributed by atoms with Gasteiger partial charge in [-0.2, -0.15) is 0 Å². The number of hydrogen-bond acceptors (Lipinski definition) is 7. The summed E-state index contributed by atoms with van der Waals surface area (Å²) in [5.74, 6) is 0.892. The van der Waals surface area contributed by atoms with Gasteiger partial charge in [0.2, 0.25) is 5.95 Å². The van der Waals surface area contributed by atoms with Crippen molar-refractivity contribution in [3.63, 3.8) is 0 Å². The molecule has 1 atom stereocenters. The molecular formula is C28H37ClN6O3. The van der Waals surface area contributed by atoms with Gasteiger partial charge in [0.1, 0.15) is 0 Å². The second kappa shape index (κ2) is 12.9. The first-order valence-corrected chi connectivity index (χ1v) is 14.1. The first kappa shape index (κ1) is 26.9. The molecule has 5 rings (SSSR count). The van der Waals surface area contributed by atoms with Crippen molar-refractivity contribution in [2.24, 2.45) is 5.92 Å². The molecule has 0 bridgehead atoms. The van der Waals surface area contributed by atoms with Crippen molar-refractivity contribution in [2.45, 2.75) is 64.8 Å². The van der Waals surface area contributed by atoms with E-state index in [4.69, 9.17) is 21.2 Å². The lowest BCUT2D eigenvalue weighted by molar-refractivity contribution is -0.186. The molecule has 0 saturated carbocycles. The quantitative estimate of drug-likeness (QED) is 0.360. The molecule has 2 N–H and O–H groups in total. The first-order valence-electron chi connectivity index (χ1n) is 13.7. The number of carbonyl (C=O) groups is 1. The number of hydroxylamine groups is 1. The molecule has 38 heavy (non-hydrogen) atoms. The van der Waals surface area contributed by atoms with E-state index in [1.165, 1.54) is 16.5 Å². The minimum Gasteiger partial charge on any atom is -0.350 e. The van der Waals surface area contributed by atoms with Gasteiger partial charge in [0.25, 0.3) is 5.91 Å². The molecule has 4 heterocycles. The van der Waals surface area contributed by atoms with Crippen LogP contribution in [0.2, 0.25) is 5.02 Å². The number of hydrogen-bond donors (Lipinski definition) is 2. The largest absolute Gasteiger partial charge is 0.350 e. The molecule has 0 radical (unpaired) electrons. The summed E-state index contributed by atoms with van der Waals surface area (Å²) in [6.07, 6.45) is 11.0. The summed E-state index contributed by atoms with van der Waals surface area (Å²) in [4.78, 5) is 28.8. The van der Waals surface area contributed by atoms with Crippen molar-refractivity contribution in [1.29, 1.82) is 0 Å². The molecule has 1 unspecified atom stereocenters. The normalized spacial score (nSPS) is 18.7. The molecule has 10 heteroatoms. The van der Waals surface area contributed by atoms with E-state index in [1.54, 1.807) is 12.4 Å². The number of rotatable bonds is 10. The second-order valence-corrected chi connectivity index (χ2v) is 10.6. The lowest BCUT2D eigenvalue weighted by Gasteiger charge is -2.32. The number of nitrogens with zero attached hydrogens (tertiary/aromatic N) is 4. The zero-order valence-electron chi connectivity index (χ0n) is 22.0. The molecule has 9 nitrogen and oxygen atoms in total. The molecule has 2 aliphatic rings. The standard InChI is InChI=1S/C28H37ClN6O3/c1-2-10-35-19-22(24-14-23(29)6-7-25(24)35)16-30-15-20-8-11-34(12-9-20)28-31-17-21(18-32-28)27(36)33-38-26-5-3-4-13-37-26/h6-7,14,17-20,26,30H,2-5,8-13,15-16H2,1H3,(H,33,36). The van der Waals surface area contributed by atoms with Crippen LogP contribution in [-0.2, 0) is 22.7 Å². The number of piperidine rings is 1. The minimum absolute atomic E-state index is 0.365. The molecule has 0 aliphatic carbocycles. The molecule has 3 aromatic rings. The minimum atomic E-state index is -0.386. The Morgan fingerprint density at radius 3 is 2.74 bits per heavy atom. The van der Waals surface area contributed by atoms with Crippen LogP contribution in [0.15, 0.2) is 36.8 Å². The Bertz CT molecular complexity index is 1200. The summed E-state index contributed by atoms with van der Waals surface area (Å²) in [5.41, 5.74) is 5.36. The van der Waals surface area contributed by atoms with Crippen LogP contribution in [0, 0.1) is 5.92 Å². The maximum atomic E-state index is 12.3. The predicted molar refractivity (Wildman–Crippen MR) is 148 cm³/mol. The van der Waals surface area contributed by atoms with E-state index >= 15 is 0 Å². The monoisotopic (exact) mass is 540 g/mol. The highest BCUT2D eigenvalue weighted by molar-refractivity contribution is 6.31. The van der Waals surface area contributed by atoms with Gasteiger partial charge in [0.15, 0.2) is 6.29 Å². The number of halogens is 1. The fraction of sp³-hybridized carbons (Fsp3) is 0.536. The summed E-state index contributed by atoms with van der Waals surface area (Å²) in [7, 11) is 0. The zero-order valence-corrected chi connectivity index (χ0v) is 22.8. The number of nitrogens with one attached hydrogen (secondary N) is 2. The summed E-state index contributed by atoms with van der Waals surface area (Å²) in [6.45, 7) is 7.46. The Kier molecular flexibility index (Phi) is 9.11. The van der Waals surface area contributed by atoms with Crippen LogP contribution in [0.5, 0.6) is 0 Å². The predicted octanol–water partition coefficient (Wildman–Crippen LogP) is 4.69. The lowest BCUT2D eigenvalue weighted by atomic mass is 9.97. The van der Waals surface area contributed by atoms with Crippen molar-refractivity contribution in [1.82, 2.24) is 25.3 Å². The van der Waals surface area contributed by atoms with Crippen LogP contribution in [0.4, 0.5) is 5.95 Å². The number of ether oxygens (including phenoxy) is 1. The molecule has 1 amide bonds. The van der Waals surface area contributed by atoms with Crippen molar-refractivity contribution in [2.75, 3.05) is 31.1 Å². The van der Waals surface area contributed by atoms with Gasteiger partial charge in [-0.3, -0.25) is 4.79 Å². The third-order valence-electron chi connectivity index (χ3n) is 7.36. The molecule has 2 saturated heterocycles. The van der Waals surface area contributed by atoms with Crippen molar-refractivity contribution < 1.29 is 14.4 Å². The van der Waals surface area contributed by atoms with Gasteiger partial charge in [-0.25, -0.2) is 20.3 Å². The van der Waals surface area contributed by atoms with Gasteiger partial charge in [0.05, 0.1) is 5.56 Å². The fourth-order valence-electron chi connectivity index (χ4n) is 5.24. The van der Waals surface area contributed by atoms with E-state index in [-0.39, 0.29) is 12.2 Å². The zero-order chi connectivity index (χ0) is 26.3. The molecule has 2 aromatic heterocycles. The number of anilines is 1. The molecule has 2 aliphatic heterocycles. The highest BCUT2D eigenvalue weighted by Crippen LogP contribution is 2.26. The summed E-state index contributed by atoms with van der Waals surface area (Å²) >= 11 is 6.29. The van der Waals surface area contributed by atoms with E-state index in [0.717, 1.165) is 76.3 Å². The highest BCUT2D eigenvalue weighted by Gasteiger charge is 2.22. The second-order valence-electron chi connectivity index (χ2n) is 10.2. The van der Waals surface area contributed by atoms with E-state index in [1.807, 2.05) is 6.07 Å². The number of benzene rings is 1. The van der Waals surface area contributed by atoms with Crippen LogP contribution in [0.25, 0.3) is 10.9 Å². The Hall–Kier alpha value is -2.72. The Morgan fingerprint density at radius 2 is 2.00 bits per heavy atom. The van der Waals surface area contributed by atoms with Gasteiger partial charge < -0.3 is 19.5 Å². The van der Waals surface area contributed by atoms with Gasteiger partial charge in [-0.15, -0.1) is 0 Å². The van der Waals surface area contributed by atoms with Crippen LogP contribution < -0.4 is 15.7 Å². The van der Waals surface area contributed by atoms with Crippen molar-refractivity contribution >= 4 is 34.4 Å². The van der Waals surface area contributed by atoms with Gasteiger partial charge >= 0.3 is 0 Å². The third-order valence-corrected chi connectivity index (χ3v) is 7.59. The smallest absolute Gasteiger partial charge is 0.278 e. The number of amides is 1. The lowest BCUT2D eigenvalue weighted by Crippen LogP contribution is -2.38.